The molecule has 4 rings (SSSR count). The predicted octanol–water partition coefficient (Wildman–Crippen LogP) is 3.00. The molecular formula is C22H19N3O4S. The van der Waals surface area contributed by atoms with Gasteiger partial charge in [-0.3, -0.25) is 9.59 Å². The van der Waals surface area contributed by atoms with Crippen molar-refractivity contribution < 1.29 is 14.3 Å². The summed E-state index contributed by atoms with van der Waals surface area (Å²) in [5.74, 6) is 0.890. The van der Waals surface area contributed by atoms with Gasteiger partial charge >= 0.3 is 5.97 Å². The van der Waals surface area contributed by atoms with Crippen molar-refractivity contribution in [2.24, 2.45) is 0 Å². The van der Waals surface area contributed by atoms with Crippen molar-refractivity contribution in [2.45, 2.75) is 20.8 Å². The summed E-state index contributed by atoms with van der Waals surface area (Å²) in [7, 11) is 0. The molecule has 4 aromatic rings. The summed E-state index contributed by atoms with van der Waals surface area (Å²) in [6.45, 7) is 5.58. The number of hydrogen-bond acceptors (Lipinski definition) is 7. The van der Waals surface area contributed by atoms with E-state index >= 15 is 0 Å². The number of aryl methyl sites for hydroxylation is 1. The van der Waals surface area contributed by atoms with Gasteiger partial charge in [0.25, 0.3) is 5.56 Å². The molecule has 0 atom stereocenters. The van der Waals surface area contributed by atoms with Crippen LogP contribution in [0.1, 0.15) is 25.0 Å². The first-order chi connectivity index (χ1) is 14.5. The molecule has 0 fully saturated rings. The number of esters is 1. The van der Waals surface area contributed by atoms with Gasteiger partial charge < -0.3 is 9.47 Å². The highest BCUT2D eigenvalue weighted by molar-refractivity contribution is 7.15. The quantitative estimate of drug-likeness (QED) is 0.364. The van der Waals surface area contributed by atoms with Crippen molar-refractivity contribution in [3.8, 4) is 22.9 Å². The number of benzene rings is 2. The molecule has 30 heavy (non-hydrogen) atoms. The maximum Gasteiger partial charge on any atom is 0.308 e. The SMILES string of the molecule is CCOc1cc(C=c2sc3nc(-c4ccccc4C)nn3c2=O)ccc1OC(C)=O. The van der Waals surface area contributed by atoms with Crippen molar-refractivity contribution in [3.63, 3.8) is 0 Å². The van der Waals surface area contributed by atoms with E-state index < -0.39 is 5.97 Å². The third-order valence-corrected chi connectivity index (χ3v) is 5.35. The molecule has 8 heteroatoms. The monoisotopic (exact) mass is 421 g/mol. The number of aromatic nitrogens is 3. The van der Waals surface area contributed by atoms with E-state index in [4.69, 9.17) is 9.47 Å². The van der Waals surface area contributed by atoms with Gasteiger partial charge in [0, 0.05) is 12.5 Å². The lowest BCUT2D eigenvalue weighted by molar-refractivity contribution is -0.132. The van der Waals surface area contributed by atoms with Gasteiger partial charge in [-0.25, -0.2) is 0 Å². The average molecular weight is 421 g/mol. The number of thiazole rings is 1. The standard InChI is InChI=1S/C22H19N3O4S/c1-4-28-18-11-15(9-10-17(18)29-14(3)26)12-19-21(27)25-22(30-19)23-20(24-25)16-8-6-5-7-13(16)2/h5-12H,4H2,1-3H3. The molecule has 0 saturated heterocycles. The fourth-order valence-electron chi connectivity index (χ4n) is 3.04. The number of nitrogens with zero attached hydrogens (tertiary/aromatic N) is 3. The summed E-state index contributed by atoms with van der Waals surface area (Å²) in [5.41, 5.74) is 2.46. The lowest BCUT2D eigenvalue weighted by atomic mass is 10.1. The topological polar surface area (TPSA) is 82.8 Å². The second-order valence-electron chi connectivity index (χ2n) is 6.59. The lowest BCUT2D eigenvalue weighted by Gasteiger charge is -2.10. The number of carbonyl (C=O) groups excluding carboxylic acids is 1. The molecule has 0 spiro atoms. The van der Waals surface area contributed by atoms with Crippen LogP contribution < -0.4 is 19.6 Å². The lowest BCUT2D eigenvalue weighted by Crippen LogP contribution is -2.23. The van der Waals surface area contributed by atoms with Gasteiger partial charge in [-0.15, -0.1) is 5.10 Å². The third kappa shape index (κ3) is 3.81. The first-order valence-electron chi connectivity index (χ1n) is 9.39. The van der Waals surface area contributed by atoms with Crippen molar-refractivity contribution in [1.29, 1.82) is 0 Å². The van der Waals surface area contributed by atoms with Gasteiger partial charge in [0.05, 0.1) is 11.1 Å². The summed E-state index contributed by atoms with van der Waals surface area (Å²) in [5, 5.41) is 4.40. The van der Waals surface area contributed by atoms with Gasteiger partial charge in [-0.2, -0.15) is 9.50 Å². The minimum atomic E-state index is -0.426. The highest BCUT2D eigenvalue weighted by Gasteiger charge is 2.14. The van der Waals surface area contributed by atoms with E-state index in [1.165, 1.54) is 22.8 Å². The van der Waals surface area contributed by atoms with Crippen LogP contribution in [0, 0.1) is 6.92 Å². The number of fused-ring (bicyclic) bond motifs is 1. The van der Waals surface area contributed by atoms with E-state index in [0.29, 0.717) is 33.4 Å². The maximum absolute atomic E-state index is 12.8. The molecule has 0 aliphatic heterocycles. The Balaban J connectivity index is 1.75. The second-order valence-corrected chi connectivity index (χ2v) is 7.60. The Bertz CT molecular complexity index is 1360. The Labute approximate surface area is 176 Å². The molecule has 0 bridgehead atoms. The molecule has 0 amide bonds. The number of rotatable bonds is 5. The van der Waals surface area contributed by atoms with Gasteiger partial charge in [-0.05, 0) is 43.2 Å². The first-order valence-corrected chi connectivity index (χ1v) is 10.2. The molecule has 0 aliphatic carbocycles. The zero-order chi connectivity index (χ0) is 21.3. The minimum Gasteiger partial charge on any atom is -0.490 e. The predicted molar refractivity (Wildman–Crippen MR) is 115 cm³/mol. The highest BCUT2D eigenvalue weighted by Crippen LogP contribution is 2.29. The summed E-state index contributed by atoms with van der Waals surface area (Å²) < 4.78 is 12.6. The normalized spacial score (nSPS) is 11.8. The van der Waals surface area contributed by atoms with Crippen LogP contribution in [0.15, 0.2) is 47.3 Å². The van der Waals surface area contributed by atoms with E-state index in [-0.39, 0.29) is 5.56 Å². The average Bonchev–Trinajstić information content (AvgIpc) is 3.24. The van der Waals surface area contributed by atoms with Crippen LogP contribution >= 0.6 is 11.3 Å². The minimum absolute atomic E-state index is 0.232. The number of ether oxygens (including phenoxy) is 2. The largest absolute Gasteiger partial charge is 0.490 e. The number of hydrogen-bond donors (Lipinski definition) is 0. The van der Waals surface area contributed by atoms with E-state index in [1.54, 1.807) is 24.3 Å². The molecule has 2 aromatic carbocycles. The molecule has 0 saturated carbocycles. The molecular weight excluding hydrogens is 402 g/mol. The Morgan fingerprint density at radius 3 is 2.70 bits per heavy atom. The van der Waals surface area contributed by atoms with Crippen LogP contribution in [0.4, 0.5) is 0 Å². The van der Waals surface area contributed by atoms with Gasteiger partial charge in [0.15, 0.2) is 17.3 Å². The fourth-order valence-corrected chi connectivity index (χ4v) is 3.95. The van der Waals surface area contributed by atoms with Crippen LogP contribution in [0.2, 0.25) is 0 Å². The van der Waals surface area contributed by atoms with E-state index in [1.807, 2.05) is 38.1 Å². The molecule has 2 aromatic heterocycles. The summed E-state index contributed by atoms with van der Waals surface area (Å²) in [4.78, 5) is 29.2. The van der Waals surface area contributed by atoms with Crippen molar-refractivity contribution in [2.75, 3.05) is 6.61 Å². The van der Waals surface area contributed by atoms with Crippen LogP contribution in [0.5, 0.6) is 11.5 Å². The maximum atomic E-state index is 12.8. The molecule has 0 radical (unpaired) electrons. The Hall–Kier alpha value is -3.52. The molecule has 0 aliphatic rings. The Kier molecular flexibility index (Phi) is 5.33. The van der Waals surface area contributed by atoms with Crippen LogP contribution in [0.3, 0.4) is 0 Å². The molecule has 0 unspecified atom stereocenters. The van der Waals surface area contributed by atoms with Crippen LogP contribution in [-0.2, 0) is 4.79 Å². The van der Waals surface area contributed by atoms with E-state index in [0.717, 1.165) is 16.7 Å². The summed E-state index contributed by atoms with van der Waals surface area (Å²) >= 11 is 1.27. The van der Waals surface area contributed by atoms with Crippen LogP contribution in [0.25, 0.3) is 22.4 Å². The van der Waals surface area contributed by atoms with Gasteiger partial charge in [0.1, 0.15) is 0 Å². The molecule has 7 nitrogen and oxygen atoms in total. The summed E-state index contributed by atoms with van der Waals surface area (Å²) in [6.07, 6.45) is 1.75. The van der Waals surface area contributed by atoms with Gasteiger partial charge in [-0.1, -0.05) is 41.7 Å². The zero-order valence-electron chi connectivity index (χ0n) is 16.7. The van der Waals surface area contributed by atoms with E-state index in [9.17, 15) is 9.59 Å². The van der Waals surface area contributed by atoms with E-state index in [2.05, 4.69) is 10.1 Å². The van der Waals surface area contributed by atoms with Crippen molar-refractivity contribution in [1.82, 2.24) is 14.6 Å². The zero-order valence-corrected chi connectivity index (χ0v) is 17.5. The smallest absolute Gasteiger partial charge is 0.308 e. The van der Waals surface area contributed by atoms with Crippen molar-refractivity contribution >= 4 is 28.3 Å². The Morgan fingerprint density at radius 2 is 2.00 bits per heavy atom. The molecule has 2 heterocycles. The Morgan fingerprint density at radius 1 is 1.20 bits per heavy atom. The van der Waals surface area contributed by atoms with Crippen LogP contribution in [-0.4, -0.2) is 27.2 Å². The molecule has 152 valence electrons. The third-order valence-electron chi connectivity index (χ3n) is 4.39. The van der Waals surface area contributed by atoms with Gasteiger partial charge in [0.2, 0.25) is 4.96 Å². The highest BCUT2D eigenvalue weighted by atomic mass is 32.1. The summed E-state index contributed by atoms with van der Waals surface area (Å²) in [6, 6.07) is 12.9. The number of carbonyl (C=O) groups is 1. The fraction of sp³-hybridized carbons (Fsp3) is 0.182. The second kappa shape index (κ2) is 8.08. The molecule has 0 N–H and O–H groups in total. The first kappa shape index (κ1) is 19.8. The van der Waals surface area contributed by atoms with Crippen molar-refractivity contribution in [3.05, 3.63) is 68.5 Å².